The van der Waals surface area contributed by atoms with E-state index in [0.717, 1.165) is 30.0 Å². The van der Waals surface area contributed by atoms with Gasteiger partial charge in [0.05, 0.1) is 23.2 Å². The van der Waals surface area contributed by atoms with Gasteiger partial charge >= 0.3 is 0 Å². The zero-order chi connectivity index (χ0) is 17.2. The second-order valence-electron chi connectivity index (χ2n) is 8.04. The van der Waals surface area contributed by atoms with Crippen molar-refractivity contribution in [3.8, 4) is 0 Å². The van der Waals surface area contributed by atoms with Crippen molar-refractivity contribution < 1.29 is 9.53 Å². The van der Waals surface area contributed by atoms with Crippen LogP contribution in [0.3, 0.4) is 0 Å². The molecule has 7 heteroatoms. The van der Waals surface area contributed by atoms with E-state index in [0.29, 0.717) is 29.1 Å². The number of pyridine rings is 1. The lowest BCUT2D eigenvalue weighted by atomic mass is 9.52. The van der Waals surface area contributed by atoms with Crippen LogP contribution in [0.25, 0.3) is 11.2 Å². The number of fused-ring (bicyclic) bond motifs is 1. The SMILES string of the molecule is COC12CC3C[C@H](C1)C(Nc1c(C(N)=O)cnc4nc[nH]c14)[C@@H](C3)C2. The van der Waals surface area contributed by atoms with Gasteiger partial charge in [0, 0.05) is 19.3 Å². The first-order chi connectivity index (χ1) is 12.1. The maximum absolute atomic E-state index is 11.9. The van der Waals surface area contributed by atoms with E-state index in [2.05, 4.69) is 20.3 Å². The molecule has 3 unspecified atom stereocenters. The fourth-order valence-corrected chi connectivity index (χ4v) is 5.83. The van der Waals surface area contributed by atoms with Crippen molar-refractivity contribution in [2.24, 2.45) is 23.5 Å². The molecule has 4 aliphatic carbocycles. The molecular weight excluding hydrogens is 318 g/mol. The number of hydrogen-bond acceptors (Lipinski definition) is 5. The summed E-state index contributed by atoms with van der Waals surface area (Å²) in [6.45, 7) is 0. The number of carbonyl (C=O) groups excluding carboxylic acids is 1. The number of aromatic nitrogens is 3. The van der Waals surface area contributed by atoms with Crippen LogP contribution < -0.4 is 11.1 Å². The van der Waals surface area contributed by atoms with Crippen LogP contribution in [0.1, 0.15) is 42.5 Å². The van der Waals surface area contributed by atoms with Gasteiger partial charge in [0.25, 0.3) is 5.91 Å². The first kappa shape index (κ1) is 15.1. The van der Waals surface area contributed by atoms with Crippen LogP contribution in [-0.2, 0) is 4.74 Å². The summed E-state index contributed by atoms with van der Waals surface area (Å²) in [5.74, 6) is 1.44. The molecule has 132 valence electrons. The van der Waals surface area contributed by atoms with Crippen LogP contribution in [0.2, 0.25) is 0 Å². The van der Waals surface area contributed by atoms with E-state index in [4.69, 9.17) is 10.5 Å². The monoisotopic (exact) mass is 341 g/mol. The highest BCUT2D eigenvalue weighted by molar-refractivity contribution is 6.04. The number of nitrogens with two attached hydrogens (primary N) is 1. The third-order valence-corrected chi connectivity index (χ3v) is 6.68. The van der Waals surface area contributed by atoms with Crippen molar-refractivity contribution in [3.05, 3.63) is 18.1 Å². The Balaban J connectivity index is 1.52. The zero-order valence-corrected chi connectivity index (χ0v) is 14.3. The molecule has 7 nitrogen and oxygen atoms in total. The molecule has 0 spiro atoms. The normalized spacial score (nSPS) is 36.0. The molecule has 4 bridgehead atoms. The number of nitrogens with zero attached hydrogens (tertiary/aromatic N) is 2. The molecule has 2 heterocycles. The van der Waals surface area contributed by atoms with Gasteiger partial charge in [0.2, 0.25) is 0 Å². The lowest BCUT2D eigenvalue weighted by Gasteiger charge is -2.59. The topological polar surface area (TPSA) is 106 Å². The van der Waals surface area contributed by atoms with Gasteiger partial charge in [0.15, 0.2) is 5.65 Å². The maximum atomic E-state index is 11.9. The molecule has 0 aromatic carbocycles. The summed E-state index contributed by atoms with van der Waals surface area (Å²) in [6.07, 6.45) is 9.00. The Morgan fingerprint density at radius 3 is 2.76 bits per heavy atom. The highest BCUT2D eigenvalue weighted by Gasteiger charge is 2.55. The van der Waals surface area contributed by atoms with E-state index >= 15 is 0 Å². The third-order valence-electron chi connectivity index (χ3n) is 6.68. The molecule has 6 rings (SSSR count). The van der Waals surface area contributed by atoms with Gasteiger partial charge in [-0.05, 0) is 49.9 Å². The van der Waals surface area contributed by atoms with Crippen molar-refractivity contribution >= 4 is 22.8 Å². The second-order valence-corrected chi connectivity index (χ2v) is 8.04. The van der Waals surface area contributed by atoms with Crippen LogP contribution in [0.5, 0.6) is 0 Å². The molecule has 4 aliphatic rings. The van der Waals surface area contributed by atoms with Crippen molar-refractivity contribution in [3.63, 3.8) is 0 Å². The number of hydrogen-bond donors (Lipinski definition) is 3. The number of anilines is 1. The van der Waals surface area contributed by atoms with Crippen LogP contribution >= 0.6 is 0 Å². The minimum atomic E-state index is -0.469. The molecule has 4 fully saturated rings. The van der Waals surface area contributed by atoms with E-state index in [1.54, 1.807) is 6.33 Å². The highest BCUT2D eigenvalue weighted by Crippen LogP contribution is 2.57. The number of rotatable bonds is 4. The summed E-state index contributed by atoms with van der Waals surface area (Å²) < 4.78 is 5.94. The average Bonchev–Trinajstić information content (AvgIpc) is 3.06. The Bertz CT molecular complexity index is 831. The van der Waals surface area contributed by atoms with E-state index < -0.39 is 5.91 Å². The minimum absolute atomic E-state index is 0.0722. The third kappa shape index (κ3) is 2.18. The summed E-state index contributed by atoms with van der Waals surface area (Å²) >= 11 is 0. The number of ether oxygens (including phenoxy) is 1. The predicted octanol–water partition coefficient (Wildman–Crippen LogP) is 2.06. The Hall–Kier alpha value is -2.15. The molecule has 0 aliphatic heterocycles. The summed E-state index contributed by atoms with van der Waals surface area (Å²) in [6, 6.07) is 0.340. The van der Waals surface area contributed by atoms with Crippen molar-refractivity contribution in [2.45, 2.75) is 43.7 Å². The Morgan fingerprint density at radius 1 is 1.32 bits per heavy atom. The summed E-state index contributed by atoms with van der Waals surface area (Å²) in [5.41, 5.74) is 8.20. The standard InChI is InChI=1S/C18H23N5O2/c1-25-18-4-9-2-10(5-18)13(11(3-9)6-18)23-14-12(16(19)24)7-20-17-15(14)21-8-22-17/h7-11,13H,2-6H2,1H3,(H2,19,24)(H2,20,21,22,23)/t9?,10-,11+,13?,18?. The molecule has 25 heavy (non-hydrogen) atoms. The van der Waals surface area contributed by atoms with Gasteiger partial charge in [-0.3, -0.25) is 4.79 Å². The number of primary amides is 1. The lowest BCUT2D eigenvalue weighted by Crippen LogP contribution is -2.59. The van der Waals surface area contributed by atoms with E-state index in [1.807, 2.05) is 7.11 Å². The van der Waals surface area contributed by atoms with Gasteiger partial charge < -0.3 is 20.8 Å². The fourth-order valence-electron chi connectivity index (χ4n) is 5.83. The molecular formula is C18H23N5O2. The first-order valence-corrected chi connectivity index (χ1v) is 9.02. The second kappa shape index (κ2) is 5.17. The largest absolute Gasteiger partial charge is 0.379 e. The number of methoxy groups -OCH3 is 1. The van der Waals surface area contributed by atoms with Gasteiger partial charge in [-0.2, -0.15) is 0 Å². The number of imidazole rings is 1. The van der Waals surface area contributed by atoms with Crippen molar-refractivity contribution in [1.82, 2.24) is 15.0 Å². The number of H-pyrrole nitrogens is 1. The number of amides is 1. The zero-order valence-electron chi connectivity index (χ0n) is 14.3. The average molecular weight is 341 g/mol. The molecule has 0 saturated heterocycles. The number of nitrogens with one attached hydrogen (secondary N) is 2. The number of aromatic amines is 1. The van der Waals surface area contributed by atoms with Crippen LogP contribution in [0.15, 0.2) is 12.5 Å². The molecule has 4 saturated carbocycles. The minimum Gasteiger partial charge on any atom is -0.379 e. The fraction of sp³-hybridized carbons (Fsp3) is 0.611. The molecule has 2 aromatic rings. The maximum Gasteiger partial charge on any atom is 0.252 e. The van der Waals surface area contributed by atoms with Crippen LogP contribution in [-0.4, -0.2) is 39.6 Å². The molecule has 1 amide bonds. The van der Waals surface area contributed by atoms with Gasteiger partial charge in [-0.1, -0.05) is 0 Å². The first-order valence-electron chi connectivity index (χ1n) is 9.02. The summed E-state index contributed by atoms with van der Waals surface area (Å²) in [7, 11) is 1.86. The van der Waals surface area contributed by atoms with Gasteiger partial charge in [0.1, 0.15) is 5.52 Å². The van der Waals surface area contributed by atoms with Gasteiger partial charge in [-0.15, -0.1) is 0 Å². The predicted molar refractivity (Wildman–Crippen MR) is 93.1 cm³/mol. The Kier molecular flexibility index (Phi) is 3.13. The van der Waals surface area contributed by atoms with Crippen molar-refractivity contribution in [2.75, 3.05) is 12.4 Å². The Morgan fingerprint density at radius 2 is 2.08 bits per heavy atom. The lowest BCUT2D eigenvalue weighted by molar-refractivity contribution is -0.149. The molecule has 4 N–H and O–H groups in total. The van der Waals surface area contributed by atoms with Crippen molar-refractivity contribution in [1.29, 1.82) is 0 Å². The number of carbonyl (C=O) groups is 1. The molecule has 5 atom stereocenters. The van der Waals surface area contributed by atoms with Crippen LogP contribution in [0, 0.1) is 17.8 Å². The van der Waals surface area contributed by atoms with E-state index in [-0.39, 0.29) is 5.60 Å². The Labute approximate surface area is 145 Å². The highest BCUT2D eigenvalue weighted by atomic mass is 16.5. The summed E-state index contributed by atoms with van der Waals surface area (Å²) in [4.78, 5) is 23.5. The van der Waals surface area contributed by atoms with E-state index in [9.17, 15) is 4.79 Å². The quantitative estimate of drug-likeness (QED) is 0.789. The van der Waals surface area contributed by atoms with E-state index in [1.165, 1.54) is 25.5 Å². The van der Waals surface area contributed by atoms with Crippen LogP contribution in [0.4, 0.5) is 5.69 Å². The molecule has 2 aromatic heterocycles. The smallest absolute Gasteiger partial charge is 0.252 e. The molecule has 0 radical (unpaired) electrons. The summed E-state index contributed by atoms with van der Waals surface area (Å²) in [5, 5.41) is 3.68. The van der Waals surface area contributed by atoms with Gasteiger partial charge in [-0.25, -0.2) is 9.97 Å².